The van der Waals surface area contributed by atoms with Crippen LogP contribution in [0.3, 0.4) is 0 Å². The first-order valence-electron chi connectivity index (χ1n) is 8.64. The van der Waals surface area contributed by atoms with Crippen molar-refractivity contribution in [1.82, 2.24) is 0 Å². The topological polar surface area (TPSA) is 54.0 Å². The molecule has 1 rings (SSSR count). The quantitative estimate of drug-likeness (QED) is 0.354. The zero-order valence-electron chi connectivity index (χ0n) is 16.4. The highest BCUT2D eigenvalue weighted by molar-refractivity contribution is 6.74. The van der Waals surface area contributed by atoms with Gasteiger partial charge in [0.05, 0.1) is 45.7 Å². The highest BCUT2D eigenvalue weighted by atomic mass is 28.4. The molecule has 25 heavy (non-hydrogen) atoms. The van der Waals surface area contributed by atoms with Gasteiger partial charge in [0, 0.05) is 0 Å². The Morgan fingerprint density at radius 1 is 0.960 bits per heavy atom. The van der Waals surface area contributed by atoms with Gasteiger partial charge >= 0.3 is 5.97 Å². The lowest BCUT2D eigenvalue weighted by Crippen LogP contribution is -2.41. The van der Waals surface area contributed by atoms with E-state index in [1.807, 2.05) is 12.1 Å². The minimum atomic E-state index is -1.68. The second kappa shape index (κ2) is 10.1. The molecule has 6 heteroatoms. The van der Waals surface area contributed by atoms with Gasteiger partial charge in [-0.25, -0.2) is 4.79 Å². The lowest BCUT2D eigenvalue weighted by molar-refractivity contribution is 0.0288. The maximum atomic E-state index is 11.3. The van der Waals surface area contributed by atoms with E-state index in [2.05, 4.69) is 38.6 Å². The van der Waals surface area contributed by atoms with Gasteiger partial charge in [-0.2, -0.15) is 0 Å². The molecule has 0 atom stereocenters. The molecule has 0 aliphatic heterocycles. The summed E-state index contributed by atoms with van der Waals surface area (Å²) in [5.74, 6) is -0.333. The molecule has 0 unspecified atom stereocenters. The predicted octanol–water partition coefficient (Wildman–Crippen LogP) is 4.03. The summed E-state index contributed by atoms with van der Waals surface area (Å²) in [6, 6.07) is 7.19. The van der Waals surface area contributed by atoms with Gasteiger partial charge < -0.3 is 18.6 Å². The molecule has 0 heterocycles. The number of carbonyl (C=O) groups is 1. The molecular formula is C19H32O5Si. The van der Waals surface area contributed by atoms with Crippen LogP contribution in [-0.4, -0.2) is 47.8 Å². The summed E-state index contributed by atoms with van der Waals surface area (Å²) in [4.78, 5) is 11.3. The lowest BCUT2D eigenvalue weighted by Gasteiger charge is -2.36. The fourth-order valence-electron chi connectivity index (χ4n) is 1.84. The van der Waals surface area contributed by atoms with Gasteiger partial charge in [0.25, 0.3) is 0 Å². The number of rotatable bonds is 10. The fourth-order valence-corrected chi connectivity index (χ4v) is 2.86. The molecule has 0 amide bonds. The Morgan fingerprint density at radius 2 is 1.52 bits per heavy atom. The van der Waals surface area contributed by atoms with Gasteiger partial charge in [-0.15, -0.1) is 0 Å². The van der Waals surface area contributed by atoms with Crippen molar-refractivity contribution in [2.24, 2.45) is 0 Å². The van der Waals surface area contributed by atoms with E-state index in [0.717, 1.165) is 5.56 Å². The van der Waals surface area contributed by atoms with Crippen LogP contribution in [-0.2, 0) is 25.2 Å². The Morgan fingerprint density at radius 3 is 2.08 bits per heavy atom. The Hall–Kier alpha value is -1.21. The summed E-state index contributed by atoms with van der Waals surface area (Å²) in [6.07, 6.45) is 0. The molecule has 0 saturated heterocycles. The molecule has 0 spiro atoms. The van der Waals surface area contributed by atoms with E-state index in [0.29, 0.717) is 38.6 Å². The van der Waals surface area contributed by atoms with Gasteiger partial charge in [0.2, 0.25) is 0 Å². The number of hydrogen-bond acceptors (Lipinski definition) is 5. The smallest absolute Gasteiger partial charge is 0.337 e. The van der Waals surface area contributed by atoms with Crippen LogP contribution in [0.2, 0.25) is 18.1 Å². The maximum absolute atomic E-state index is 11.3. The molecule has 1 aromatic carbocycles. The van der Waals surface area contributed by atoms with Crippen LogP contribution in [0.5, 0.6) is 0 Å². The molecule has 5 nitrogen and oxygen atoms in total. The SMILES string of the molecule is COC(=O)c1ccc(COCCOCCO[Si](C)(C)C(C)(C)C)cc1. The van der Waals surface area contributed by atoms with Gasteiger partial charge in [0.15, 0.2) is 8.32 Å². The van der Waals surface area contributed by atoms with Crippen molar-refractivity contribution in [3.63, 3.8) is 0 Å². The first kappa shape index (κ1) is 21.8. The molecule has 0 fully saturated rings. The zero-order chi connectivity index (χ0) is 18.9. The van der Waals surface area contributed by atoms with Crippen molar-refractivity contribution in [3.05, 3.63) is 35.4 Å². The summed E-state index contributed by atoms with van der Waals surface area (Å²) in [7, 11) is -0.312. The molecule has 142 valence electrons. The molecule has 0 aliphatic carbocycles. The molecule has 1 aromatic rings. The number of hydrogen-bond donors (Lipinski definition) is 0. The third-order valence-corrected chi connectivity index (χ3v) is 9.05. The van der Waals surface area contributed by atoms with Crippen molar-refractivity contribution in [3.8, 4) is 0 Å². The first-order valence-corrected chi connectivity index (χ1v) is 11.5. The summed E-state index contributed by atoms with van der Waals surface area (Å²) >= 11 is 0. The van der Waals surface area contributed by atoms with Crippen molar-refractivity contribution in [2.75, 3.05) is 33.5 Å². The number of carbonyl (C=O) groups excluding carboxylic acids is 1. The van der Waals surface area contributed by atoms with Crippen molar-refractivity contribution >= 4 is 14.3 Å². The van der Waals surface area contributed by atoms with E-state index < -0.39 is 8.32 Å². The number of methoxy groups -OCH3 is 1. The monoisotopic (exact) mass is 368 g/mol. The summed E-state index contributed by atoms with van der Waals surface area (Å²) in [5.41, 5.74) is 1.55. The van der Waals surface area contributed by atoms with Crippen molar-refractivity contribution < 1.29 is 23.4 Å². The second-order valence-corrected chi connectivity index (χ2v) is 12.3. The number of esters is 1. The Bertz CT molecular complexity index is 520. The molecular weight excluding hydrogens is 336 g/mol. The van der Waals surface area contributed by atoms with Gasteiger partial charge in [-0.05, 0) is 35.8 Å². The van der Waals surface area contributed by atoms with Gasteiger partial charge in [-0.1, -0.05) is 32.9 Å². The van der Waals surface area contributed by atoms with Gasteiger partial charge in [-0.3, -0.25) is 0 Å². The Balaban J connectivity index is 2.12. The van der Waals surface area contributed by atoms with Crippen molar-refractivity contribution in [2.45, 2.75) is 45.5 Å². The largest absolute Gasteiger partial charge is 0.465 e. The predicted molar refractivity (Wildman–Crippen MR) is 101 cm³/mol. The standard InChI is InChI=1S/C19H32O5Si/c1-19(2,3)25(5,6)24-14-13-22-11-12-23-15-16-7-9-17(10-8-16)18(20)21-4/h7-10H,11-15H2,1-6H3. The average Bonchev–Trinajstić information content (AvgIpc) is 2.56. The summed E-state index contributed by atoms with van der Waals surface area (Å²) in [6.45, 7) is 13.9. The molecule has 0 aliphatic rings. The highest BCUT2D eigenvalue weighted by Crippen LogP contribution is 2.36. The molecule has 0 bridgehead atoms. The highest BCUT2D eigenvalue weighted by Gasteiger charge is 2.36. The van der Waals surface area contributed by atoms with Crippen LogP contribution >= 0.6 is 0 Å². The van der Waals surface area contributed by atoms with Crippen molar-refractivity contribution in [1.29, 1.82) is 0 Å². The zero-order valence-corrected chi connectivity index (χ0v) is 17.4. The molecule has 0 saturated carbocycles. The normalized spacial score (nSPS) is 12.2. The second-order valence-electron chi connectivity index (χ2n) is 7.46. The fraction of sp³-hybridized carbons (Fsp3) is 0.632. The molecule has 0 aromatic heterocycles. The van der Waals surface area contributed by atoms with E-state index in [-0.39, 0.29) is 11.0 Å². The third kappa shape index (κ3) is 7.69. The van der Waals surface area contributed by atoms with E-state index >= 15 is 0 Å². The Labute approximate surface area is 152 Å². The van der Waals surface area contributed by atoms with Crippen LogP contribution in [0.1, 0.15) is 36.7 Å². The Kier molecular flexibility index (Phi) is 8.79. The summed E-state index contributed by atoms with van der Waals surface area (Å²) in [5, 5.41) is 0.222. The van der Waals surface area contributed by atoms with Crippen LogP contribution in [0, 0.1) is 0 Å². The molecule has 0 N–H and O–H groups in total. The van der Waals surface area contributed by atoms with Crippen LogP contribution in [0.4, 0.5) is 0 Å². The van der Waals surface area contributed by atoms with E-state index in [4.69, 9.17) is 13.9 Å². The van der Waals surface area contributed by atoms with Gasteiger partial charge in [0.1, 0.15) is 0 Å². The van der Waals surface area contributed by atoms with Crippen LogP contribution < -0.4 is 0 Å². The van der Waals surface area contributed by atoms with Crippen LogP contribution in [0.25, 0.3) is 0 Å². The van der Waals surface area contributed by atoms with E-state index in [1.54, 1.807) is 12.1 Å². The summed E-state index contributed by atoms with van der Waals surface area (Å²) < 4.78 is 21.8. The first-order chi connectivity index (χ1) is 11.7. The van der Waals surface area contributed by atoms with E-state index in [9.17, 15) is 4.79 Å². The van der Waals surface area contributed by atoms with Crippen LogP contribution in [0.15, 0.2) is 24.3 Å². The minimum absolute atomic E-state index is 0.222. The lowest BCUT2D eigenvalue weighted by atomic mass is 10.1. The molecule has 0 radical (unpaired) electrons. The maximum Gasteiger partial charge on any atom is 0.337 e. The number of benzene rings is 1. The third-order valence-electron chi connectivity index (χ3n) is 4.51. The number of ether oxygens (including phenoxy) is 3. The average molecular weight is 369 g/mol. The van der Waals surface area contributed by atoms with E-state index in [1.165, 1.54) is 7.11 Å². The minimum Gasteiger partial charge on any atom is -0.465 e.